The van der Waals surface area contributed by atoms with Gasteiger partial charge in [0.05, 0.1) is 0 Å². The molecular formula is C4H12BrO3P. The van der Waals surface area contributed by atoms with Gasteiger partial charge in [-0.2, -0.15) is 0 Å². The molecule has 3 N–H and O–H groups in total. The van der Waals surface area contributed by atoms with Gasteiger partial charge in [0, 0.05) is 0 Å². The summed E-state index contributed by atoms with van der Waals surface area (Å²) >= 11 is 3.17. The van der Waals surface area contributed by atoms with E-state index in [2.05, 4.69) is 15.5 Å². The van der Waals surface area contributed by atoms with Gasteiger partial charge in [-0.25, -0.2) is 0 Å². The van der Waals surface area contributed by atoms with E-state index in [1.54, 1.807) is 6.66 Å². The Bertz CT molecular complexity index is 87.0. The van der Waals surface area contributed by atoms with Crippen LogP contribution < -0.4 is 0 Å². The molecule has 0 saturated carbocycles. The second-order valence-corrected chi connectivity index (χ2v) is 14.4. The molecule has 0 bridgehead atoms. The zero-order valence-electron chi connectivity index (χ0n) is 5.29. The zero-order chi connectivity index (χ0) is 7.57. The molecule has 0 aliphatic carbocycles. The average Bonchev–Trinajstić information content (AvgIpc) is 1.90. The molecule has 0 fully saturated rings. The predicted molar refractivity (Wildman–Crippen MR) is 43.0 cm³/mol. The van der Waals surface area contributed by atoms with Crippen molar-refractivity contribution in [3.05, 3.63) is 0 Å². The molecule has 9 heavy (non-hydrogen) atoms. The van der Waals surface area contributed by atoms with E-state index in [-0.39, 0.29) is 19.0 Å². The van der Waals surface area contributed by atoms with Crippen molar-refractivity contribution in [1.82, 2.24) is 0 Å². The summed E-state index contributed by atoms with van der Waals surface area (Å²) in [5.74, 6) is 0. The Hall–Kier alpha value is 0.790. The van der Waals surface area contributed by atoms with Gasteiger partial charge in [-0.05, 0) is 0 Å². The summed E-state index contributed by atoms with van der Waals surface area (Å²) in [6.45, 7) is 1.67. The summed E-state index contributed by atoms with van der Waals surface area (Å²) in [6.07, 6.45) is -0.504. The van der Waals surface area contributed by atoms with E-state index < -0.39 is 5.31 Å². The molecule has 0 atom stereocenters. The van der Waals surface area contributed by atoms with Crippen molar-refractivity contribution in [2.75, 3.05) is 25.7 Å². The van der Waals surface area contributed by atoms with Crippen LogP contribution in [-0.4, -0.2) is 41.0 Å². The standard InChI is InChI=1S/C4H12BrO3P/c1-9(5,2-6,3-7)4-8/h6-8H,2-4H2,1H3. The van der Waals surface area contributed by atoms with Crippen LogP contribution in [0.25, 0.3) is 0 Å². The topological polar surface area (TPSA) is 60.7 Å². The number of aliphatic hydroxyl groups is 3. The summed E-state index contributed by atoms with van der Waals surface area (Å²) in [4.78, 5) is 0. The van der Waals surface area contributed by atoms with Crippen molar-refractivity contribution in [3.8, 4) is 0 Å². The van der Waals surface area contributed by atoms with Crippen LogP contribution in [0, 0.1) is 0 Å². The van der Waals surface area contributed by atoms with Gasteiger partial charge in [0.15, 0.2) is 0 Å². The Balaban J connectivity index is 4.20. The van der Waals surface area contributed by atoms with Crippen LogP contribution in [-0.2, 0) is 0 Å². The average molecular weight is 219 g/mol. The summed E-state index contributed by atoms with van der Waals surface area (Å²) in [5, 5.41) is 23.6. The van der Waals surface area contributed by atoms with Crippen LogP contribution >= 0.6 is 20.8 Å². The molecule has 0 aliphatic rings. The minimum atomic E-state index is -2.65. The molecular weight excluding hydrogens is 207 g/mol. The molecule has 3 nitrogen and oxygen atoms in total. The van der Waals surface area contributed by atoms with Crippen molar-refractivity contribution in [2.24, 2.45) is 0 Å². The van der Waals surface area contributed by atoms with E-state index in [9.17, 15) is 0 Å². The van der Waals surface area contributed by atoms with Gasteiger partial charge in [0.25, 0.3) is 0 Å². The fourth-order valence-corrected chi connectivity index (χ4v) is 0.402. The Morgan fingerprint density at radius 1 is 1.11 bits per heavy atom. The van der Waals surface area contributed by atoms with Gasteiger partial charge in [-0.3, -0.25) is 0 Å². The first-order chi connectivity index (χ1) is 3.96. The maximum atomic E-state index is 8.74. The summed E-state index contributed by atoms with van der Waals surface area (Å²) < 4.78 is 0. The molecule has 0 unspecified atom stereocenters. The fraction of sp³-hybridized carbons (Fsp3) is 1.00. The van der Waals surface area contributed by atoms with Gasteiger partial charge in [0.2, 0.25) is 0 Å². The van der Waals surface area contributed by atoms with Crippen LogP contribution in [0.1, 0.15) is 0 Å². The van der Waals surface area contributed by atoms with Crippen LogP contribution in [0.15, 0.2) is 0 Å². The monoisotopic (exact) mass is 218 g/mol. The molecule has 0 heterocycles. The normalized spacial score (nSPS) is 16.8. The van der Waals surface area contributed by atoms with Crippen molar-refractivity contribution in [2.45, 2.75) is 0 Å². The first kappa shape index (κ1) is 9.79. The maximum absolute atomic E-state index is 8.74. The van der Waals surface area contributed by atoms with Gasteiger partial charge < -0.3 is 0 Å². The number of halogens is 1. The van der Waals surface area contributed by atoms with Crippen LogP contribution in [0.2, 0.25) is 0 Å². The van der Waals surface area contributed by atoms with Gasteiger partial charge in [0.1, 0.15) is 0 Å². The third kappa shape index (κ3) is 2.48. The second kappa shape index (κ2) is 2.81. The molecule has 0 aromatic heterocycles. The molecule has 58 valence electrons. The fourth-order valence-electron chi connectivity index (χ4n) is 0.134. The Morgan fingerprint density at radius 3 is 1.33 bits per heavy atom. The summed E-state index contributed by atoms with van der Waals surface area (Å²) in [7, 11) is 0. The van der Waals surface area contributed by atoms with Gasteiger partial charge >= 0.3 is 61.8 Å². The number of hydrogen-bond donors (Lipinski definition) is 3. The molecule has 0 radical (unpaired) electrons. The van der Waals surface area contributed by atoms with E-state index in [0.717, 1.165) is 0 Å². The van der Waals surface area contributed by atoms with E-state index in [1.807, 2.05) is 0 Å². The molecule has 0 spiro atoms. The van der Waals surface area contributed by atoms with Crippen molar-refractivity contribution >= 4 is 20.8 Å². The first-order valence-corrected chi connectivity index (χ1v) is 7.77. The molecule has 0 amide bonds. The second-order valence-electron chi connectivity index (χ2n) is 2.57. The van der Waals surface area contributed by atoms with E-state index in [1.165, 1.54) is 0 Å². The molecule has 0 saturated heterocycles. The molecule has 0 aromatic carbocycles. The van der Waals surface area contributed by atoms with E-state index in [4.69, 9.17) is 15.3 Å². The zero-order valence-corrected chi connectivity index (χ0v) is 7.77. The molecule has 0 aromatic rings. The van der Waals surface area contributed by atoms with Gasteiger partial charge in [-0.1, -0.05) is 0 Å². The third-order valence-corrected chi connectivity index (χ3v) is 5.57. The van der Waals surface area contributed by atoms with Crippen LogP contribution in [0.3, 0.4) is 0 Å². The SMILES string of the molecule is CP(Br)(CO)(CO)CO. The third-order valence-electron chi connectivity index (χ3n) is 1.18. The van der Waals surface area contributed by atoms with Gasteiger partial charge in [-0.15, -0.1) is 0 Å². The molecule has 0 aliphatic heterocycles. The summed E-state index contributed by atoms with van der Waals surface area (Å²) in [5.41, 5.74) is 0. The van der Waals surface area contributed by atoms with E-state index >= 15 is 0 Å². The van der Waals surface area contributed by atoms with Crippen molar-refractivity contribution in [3.63, 3.8) is 0 Å². The Kier molecular flexibility index (Phi) is 3.05. The first-order valence-electron chi connectivity index (χ1n) is 2.51. The predicted octanol–water partition coefficient (Wildman–Crippen LogP) is 0.329. The van der Waals surface area contributed by atoms with Crippen molar-refractivity contribution < 1.29 is 15.3 Å². The quantitative estimate of drug-likeness (QED) is 0.599. The number of hydrogen-bond acceptors (Lipinski definition) is 3. The van der Waals surface area contributed by atoms with Crippen LogP contribution in [0.5, 0.6) is 0 Å². The van der Waals surface area contributed by atoms with Crippen molar-refractivity contribution in [1.29, 1.82) is 0 Å². The summed E-state index contributed by atoms with van der Waals surface area (Å²) in [6, 6.07) is 0. The number of rotatable bonds is 3. The van der Waals surface area contributed by atoms with E-state index in [0.29, 0.717) is 0 Å². The van der Waals surface area contributed by atoms with Crippen LogP contribution in [0.4, 0.5) is 0 Å². The Labute approximate surface area is 62.4 Å². The number of aliphatic hydroxyl groups excluding tert-OH is 3. The Morgan fingerprint density at radius 2 is 1.33 bits per heavy atom. The molecule has 0 rings (SSSR count). The minimum absolute atomic E-state index is 0.168. The molecule has 5 heteroatoms.